The molecule has 0 spiro atoms. The molecule has 0 aromatic rings. The number of carbonyl (C=O) groups is 3. The Morgan fingerprint density at radius 3 is 2.35 bits per heavy atom. The summed E-state index contributed by atoms with van der Waals surface area (Å²) in [5, 5.41) is 1.53. The average molecular weight is 364 g/mol. The van der Waals surface area contributed by atoms with Crippen molar-refractivity contribution in [1.82, 2.24) is 10.2 Å². The van der Waals surface area contributed by atoms with Gasteiger partial charge < -0.3 is 19.1 Å². The first-order valence-electron chi connectivity index (χ1n) is 6.64. The van der Waals surface area contributed by atoms with Gasteiger partial charge in [-0.15, -0.1) is 0 Å². The molecular formula is C12H17N2O7PS. The Labute approximate surface area is 138 Å². The number of ether oxygens (including phenoxy) is 1. The summed E-state index contributed by atoms with van der Waals surface area (Å²) in [6.07, 6.45) is 0.459. The summed E-state index contributed by atoms with van der Waals surface area (Å²) >= 11 is 4.88. The van der Waals surface area contributed by atoms with E-state index in [4.69, 9.17) is 21.3 Å². The van der Waals surface area contributed by atoms with Gasteiger partial charge in [-0.3, -0.25) is 19.1 Å². The second kappa shape index (κ2) is 8.30. The number of rotatable bonds is 7. The van der Waals surface area contributed by atoms with Gasteiger partial charge in [0.15, 0.2) is 10.4 Å². The van der Waals surface area contributed by atoms with Crippen LogP contribution in [-0.4, -0.2) is 48.1 Å². The Hall–Kier alpha value is -1.61. The van der Waals surface area contributed by atoms with Crippen molar-refractivity contribution in [2.75, 3.05) is 20.3 Å². The number of esters is 1. The van der Waals surface area contributed by atoms with E-state index in [0.717, 1.165) is 18.2 Å². The number of nitrogens with zero attached hydrogens (tertiary/aromatic N) is 1. The summed E-state index contributed by atoms with van der Waals surface area (Å²) in [5.74, 6) is -2.25. The summed E-state index contributed by atoms with van der Waals surface area (Å²) in [4.78, 5) is 36.0. The van der Waals surface area contributed by atoms with E-state index in [1.807, 2.05) is 0 Å². The van der Waals surface area contributed by atoms with Crippen LogP contribution in [0.1, 0.15) is 20.3 Å². The third kappa shape index (κ3) is 4.68. The van der Waals surface area contributed by atoms with Crippen molar-refractivity contribution in [3.63, 3.8) is 0 Å². The van der Waals surface area contributed by atoms with Crippen molar-refractivity contribution in [3.05, 3.63) is 11.5 Å². The highest BCUT2D eigenvalue weighted by molar-refractivity contribution is 7.80. The van der Waals surface area contributed by atoms with Gasteiger partial charge in [-0.25, -0.2) is 4.79 Å². The highest BCUT2D eigenvalue weighted by atomic mass is 32.1. The molecule has 0 saturated carbocycles. The Bertz CT molecular complexity index is 574. The molecule has 11 heteroatoms. The average Bonchev–Trinajstić information content (AvgIpc) is 2.46. The molecule has 1 fully saturated rings. The number of hydrogen-bond donors (Lipinski definition) is 1. The maximum absolute atomic E-state index is 12.8. The Balaban J connectivity index is 3.32. The monoisotopic (exact) mass is 364 g/mol. The second-order valence-electron chi connectivity index (χ2n) is 4.13. The molecule has 0 bridgehead atoms. The molecule has 0 unspecified atom stereocenters. The van der Waals surface area contributed by atoms with E-state index in [9.17, 15) is 18.9 Å². The molecule has 128 valence electrons. The van der Waals surface area contributed by atoms with Crippen LogP contribution >= 0.6 is 19.8 Å². The first-order valence-corrected chi connectivity index (χ1v) is 8.59. The van der Waals surface area contributed by atoms with Crippen LogP contribution in [0.3, 0.4) is 0 Å². The summed E-state index contributed by atoms with van der Waals surface area (Å²) in [5.41, 5.74) is 0. The van der Waals surface area contributed by atoms with Gasteiger partial charge in [0.1, 0.15) is 6.42 Å². The van der Waals surface area contributed by atoms with Gasteiger partial charge in [-0.1, -0.05) is 0 Å². The molecule has 23 heavy (non-hydrogen) atoms. The highest BCUT2D eigenvalue weighted by Gasteiger charge is 2.38. The van der Waals surface area contributed by atoms with E-state index in [0.29, 0.717) is 0 Å². The lowest BCUT2D eigenvalue weighted by Crippen LogP contribution is -2.50. The van der Waals surface area contributed by atoms with Crippen LogP contribution < -0.4 is 5.32 Å². The molecule has 1 aliphatic heterocycles. The van der Waals surface area contributed by atoms with E-state index in [1.54, 1.807) is 13.8 Å². The highest BCUT2D eigenvalue weighted by Crippen LogP contribution is 2.56. The summed E-state index contributed by atoms with van der Waals surface area (Å²) < 4.78 is 27.5. The number of nitrogens with one attached hydrogen (secondary N) is 1. The van der Waals surface area contributed by atoms with Gasteiger partial charge in [0, 0.05) is 6.20 Å². The molecule has 2 amide bonds. The van der Waals surface area contributed by atoms with Gasteiger partial charge in [0.25, 0.3) is 0 Å². The van der Waals surface area contributed by atoms with Gasteiger partial charge in [0.05, 0.1) is 20.3 Å². The first-order chi connectivity index (χ1) is 10.8. The van der Waals surface area contributed by atoms with Crippen LogP contribution in [0, 0.1) is 0 Å². The van der Waals surface area contributed by atoms with Crippen LogP contribution in [0.4, 0.5) is 0 Å². The zero-order valence-corrected chi connectivity index (χ0v) is 14.6. The molecular weight excluding hydrogens is 347 g/mol. The topological polar surface area (TPSA) is 111 Å². The predicted molar refractivity (Wildman–Crippen MR) is 83.2 cm³/mol. The maximum Gasteiger partial charge on any atom is 0.370 e. The van der Waals surface area contributed by atoms with E-state index in [2.05, 4.69) is 10.1 Å². The smallest absolute Gasteiger partial charge is 0.370 e. The minimum Gasteiger partial charge on any atom is -0.465 e. The van der Waals surface area contributed by atoms with E-state index < -0.39 is 37.1 Å². The van der Waals surface area contributed by atoms with Crippen LogP contribution in [0.15, 0.2) is 11.5 Å². The molecule has 0 radical (unpaired) electrons. The lowest BCUT2D eigenvalue weighted by atomic mass is 10.3. The second-order valence-corrected chi connectivity index (χ2v) is 6.51. The molecule has 1 rings (SSSR count). The lowest BCUT2D eigenvalue weighted by molar-refractivity contribution is -0.135. The van der Waals surface area contributed by atoms with Crippen LogP contribution in [0.5, 0.6) is 0 Å². The van der Waals surface area contributed by atoms with E-state index in [-0.39, 0.29) is 18.3 Å². The fourth-order valence-electron chi connectivity index (χ4n) is 1.67. The number of methoxy groups -OCH3 is 1. The number of hydrogen-bond acceptors (Lipinski definition) is 8. The SMILES string of the molecule is CCOP(=O)(OCC)/C(=C/N1C(=O)CC(=O)NC1=S)C(=O)OC. The number of carbonyl (C=O) groups excluding carboxylic acids is 3. The van der Waals surface area contributed by atoms with Gasteiger partial charge in [-0.05, 0) is 26.1 Å². The Morgan fingerprint density at radius 2 is 1.91 bits per heavy atom. The van der Waals surface area contributed by atoms with Gasteiger partial charge >= 0.3 is 13.6 Å². The lowest BCUT2D eigenvalue weighted by Gasteiger charge is -2.26. The molecule has 0 aromatic carbocycles. The van der Waals surface area contributed by atoms with Gasteiger partial charge in [0.2, 0.25) is 11.8 Å². The quantitative estimate of drug-likeness (QED) is 0.233. The summed E-state index contributed by atoms with van der Waals surface area (Å²) in [7, 11) is -2.94. The minimum atomic E-state index is -4.02. The fraction of sp³-hybridized carbons (Fsp3) is 0.500. The van der Waals surface area contributed by atoms with Crippen LogP contribution in [0.25, 0.3) is 0 Å². The molecule has 0 aliphatic carbocycles. The van der Waals surface area contributed by atoms with E-state index >= 15 is 0 Å². The zero-order chi connectivity index (χ0) is 17.6. The van der Waals surface area contributed by atoms with Crippen molar-refractivity contribution >= 4 is 42.7 Å². The molecule has 0 atom stereocenters. The van der Waals surface area contributed by atoms with Crippen LogP contribution in [-0.2, 0) is 32.7 Å². The fourth-order valence-corrected chi connectivity index (χ4v) is 3.54. The summed E-state index contributed by atoms with van der Waals surface area (Å²) in [6, 6.07) is 0. The zero-order valence-electron chi connectivity index (χ0n) is 12.9. The summed E-state index contributed by atoms with van der Waals surface area (Å²) in [6.45, 7) is 3.14. The third-order valence-corrected chi connectivity index (χ3v) is 4.97. The Morgan fingerprint density at radius 1 is 1.35 bits per heavy atom. The minimum absolute atomic E-state index is 0.000735. The van der Waals surface area contributed by atoms with E-state index in [1.165, 1.54) is 0 Å². The van der Waals surface area contributed by atoms with Gasteiger partial charge in [-0.2, -0.15) is 0 Å². The number of amides is 2. The predicted octanol–water partition coefficient (Wildman–Crippen LogP) is 0.900. The standard InChI is InChI=1S/C12H17N2O7PS/c1-4-20-22(18,21-5-2)8(11(17)19-3)7-14-10(16)6-9(15)13-12(14)23/h7H,4-6H2,1-3H3,(H,13,15,23)/b8-7+. The molecule has 1 heterocycles. The van der Waals surface area contributed by atoms with Crippen molar-refractivity contribution in [2.24, 2.45) is 0 Å². The molecule has 0 aromatic heterocycles. The first kappa shape index (κ1) is 19.4. The molecule has 9 nitrogen and oxygen atoms in total. The van der Waals surface area contributed by atoms with Crippen molar-refractivity contribution in [3.8, 4) is 0 Å². The maximum atomic E-state index is 12.8. The van der Waals surface area contributed by atoms with Crippen molar-refractivity contribution < 1.29 is 32.7 Å². The van der Waals surface area contributed by atoms with Crippen LogP contribution in [0.2, 0.25) is 0 Å². The number of thiocarbonyl (C=S) groups is 1. The molecule has 1 saturated heterocycles. The normalized spacial score (nSPS) is 16.4. The Kier molecular flexibility index (Phi) is 7.01. The van der Waals surface area contributed by atoms with Crippen molar-refractivity contribution in [2.45, 2.75) is 20.3 Å². The molecule has 1 N–H and O–H groups in total. The third-order valence-electron chi connectivity index (χ3n) is 2.58. The largest absolute Gasteiger partial charge is 0.465 e. The van der Waals surface area contributed by atoms with Crippen molar-refractivity contribution in [1.29, 1.82) is 0 Å². The molecule has 1 aliphatic rings.